The number of hydrogen-bond donors (Lipinski definition) is 2. The molecule has 0 heterocycles. The number of nitrogens with one attached hydrogen (secondary N) is 2. The minimum atomic E-state index is -0.211. The third-order valence-corrected chi connectivity index (χ3v) is 3.40. The summed E-state index contributed by atoms with van der Waals surface area (Å²) in [5.41, 5.74) is 0.954. The van der Waals surface area contributed by atoms with Crippen LogP contribution in [0, 0.1) is 5.82 Å². The molecule has 0 aliphatic heterocycles. The predicted octanol–water partition coefficient (Wildman–Crippen LogP) is 2.88. The third-order valence-electron chi connectivity index (χ3n) is 3.40. The van der Waals surface area contributed by atoms with Gasteiger partial charge in [-0.15, -0.1) is 24.0 Å². The Balaban J connectivity index is 0.00000529. The average molecular weight is 451 g/mol. The standard InChI is InChI=1S/C17H26FN3O2.HI/c1-19-17(20-11-5-3-4-9-16(22)23-2)21-12-10-14-7-6-8-15(18)13-14;/h6-8,13H,3-5,9-12H2,1-2H3,(H2,19,20,21);1H. The van der Waals surface area contributed by atoms with Crippen molar-refractivity contribution in [1.29, 1.82) is 0 Å². The Morgan fingerprint density at radius 3 is 2.62 bits per heavy atom. The first-order valence-corrected chi connectivity index (χ1v) is 7.91. The summed E-state index contributed by atoms with van der Waals surface area (Å²) < 4.78 is 17.7. The first kappa shape index (κ1) is 22.6. The second kappa shape index (κ2) is 14.0. The largest absolute Gasteiger partial charge is 0.469 e. The highest BCUT2D eigenvalue weighted by molar-refractivity contribution is 14.0. The van der Waals surface area contributed by atoms with Crippen molar-refractivity contribution in [3.63, 3.8) is 0 Å². The highest BCUT2D eigenvalue weighted by atomic mass is 127. The zero-order valence-corrected chi connectivity index (χ0v) is 16.6. The number of nitrogens with zero attached hydrogens (tertiary/aromatic N) is 1. The lowest BCUT2D eigenvalue weighted by Crippen LogP contribution is -2.38. The summed E-state index contributed by atoms with van der Waals surface area (Å²) in [4.78, 5) is 15.1. The molecule has 0 fully saturated rings. The van der Waals surface area contributed by atoms with Gasteiger partial charge < -0.3 is 15.4 Å². The van der Waals surface area contributed by atoms with E-state index in [9.17, 15) is 9.18 Å². The number of ether oxygens (including phenoxy) is 1. The molecule has 0 bridgehead atoms. The molecule has 136 valence electrons. The van der Waals surface area contributed by atoms with Gasteiger partial charge in [0, 0.05) is 26.6 Å². The SMILES string of the molecule is CN=C(NCCCCCC(=O)OC)NCCc1cccc(F)c1.I. The summed E-state index contributed by atoms with van der Waals surface area (Å²) in [6, 6.07) is 6.60. The molecule has 7 heteroatoms. The summed E-state index contributed by atoms with van der Waals surface area (Å²) in [6.07, 6.45) is 3.96. The van der Waals surface area contributed by atoms with Gasteiger partial charge in [-0.2, -0.15) is 0 Å². The van der Waals surface area contributed by atoms with Crippen molar-refractivity contribution in [3.8, 4) is 0 Å². The number of benzene rings is 1. The van der Waals surface area contributed by atoms with Crippen LogP contribution < -0.4 is 10.6 Å². The van der Waals surface area contributed by atoms with Gasteiger partial charge in [-0.3, -0.25) is 9.79 Å². The number of aliphatic imine (C=N–C) groups is 1. The number of carbonyl (C=O) groups excluding carboxylic acids is 1. The number of methoxy groups -OCH3 is 1. The monoisotopic (exact) mass is 451 g/mol. The lowest BCUT2D eigenvalue weighted by atomic mass is 10.1. The number of halogens is 2. The molecular formula is C17H27FIN3O2. The van der Waals surface area contributed by atoms with Crippen LogP contribution in [0.1, 0.15) is 31.2 Å². The molecule has 2 N–H and O–H groups in total. The zero-order chi connectivity index (χ0) is 16.9. The van der Waals surface area contributed by atoms with Crippen molar-refractivity contribution in [2.45, 2.75) is 32.1 Å². The molecule has 0 unspecified atom stereocenters. The molecule has 1 rings (SSSR count). The van der Waals surface area contributed by atoms with Crippen molar-refractivity contribution >= 4 is 35.9 Å². The smallest absolute Gasteiger partial charge is 0.305 e. The van der Waals surface area contributed by atoms with Gasteiger partial charge in [0.15, 0.2) is 5.96 Å². The number of carbonyl (C=O) groups is 1. The topological polar surface area (TPSA) is 62.7 Å². The van der Waals surface area contributed by atoms with E-state index in [4.69, 9.17) is 0 Å². The second-order valence-corrected chi connectivity index (χ2v) is 5.19. The van der Waals surface area contributed by atoms with Crippen molar-refractivity contribution in [2.24, 2.45) is 4.99 Å². The Morgan fingerprint density at radius 2 is 1.96 bits per heavy atom. The fourth-order valence-corrected chi connectivity index (χ4v) is 2.12. The van der Waals surface area contributed by atoms with Crippen LogP contribution in [0.2, 0.25) is 0 Å². The van der Waals surface area contributed by atoms with Gasteiger partial charge in [0.25, 0.3) is 0 Å². The van der Waals surface area contributed by atoms with E-state index in [1.165, 1.54) is 13.2 Å². The van der Waals surface area contributed by atoms with Gasteiger partial charge in [-0.1, -0.05) is 18.6 Å². The average Bonchev–Trinajstić information content (AvgIpc) is 2.56. The van der Waals surface area contributed by atoms with Gasteiger partial charge >= 0.3 is 5.97 Å². The lowest BCUT2D eigenvalue weighted by Gasteiger charge is -2.11. The highest BCUT2D eigenvalue weighted by Crippen LogP contribution is 2.03. The molecule has 0 amide bonds. The summed E-state index contributed by atoms with van der Waals surface area (Å²) in [7, 11) is 3.12. The van der Waals surface area contributed by atoms with Gasteiger partial charge in [-0.25, -0.2) is 4.39 Å². The maximum absolute atomic E-state index is 13.1. The van der Waals surface area contributed by atoms with Crippen molar-refractivity contribution in [1.82, 2.24) is 10.6 Å². The molecule has 0 saturated heterocycles. The summed E-state index contributed by atoms with van der Waals surface area (Å²) in [5.74, 6) is 0.360. The molecule has 24 heavy (non-hydrogen) atoms. The molecular weight excluding hydrogens is 424 g/mol. The van der Waals surface area contributed by atoms with Gasteiger partial charge in [0.05, 0.1) is 7.11 Å². The normalized spacial score (nSPS) is 10.7. The maximum Gasteiger partial charge on any atom is 0.305 e. The molecule has 1 aromatic carbocycles. The molecule has 0 aliphatic carbocycles. The van der Waals surface area contributed by atoms with Gasteiger partial charge in [-0.05, 0) is 37.0 Å². The van der Waals surface area contributed by atoms with E-state index in [1.807, 2.05) is 6.07 Å². The first-order valence-electron chi connectivity index (χ1n) is 7.91. The van der Waals surface area contributed by atoms with Crippen LogP contribution >= 0.6 is 24.0 Å². The maximum atomic E-state index is 13.1. The van der Waals surface area contributed by atoms with Gasteiger partial charge in [0.1, 0.15) is 5.82 Å². The highest BCUT2D eigenvalue weighted by Gasteiger charge is 2.01. The fourth-order valence-electron chi connectivity index (χ4n) is 2.12. The van der Waals surface area contributed by atoms with Crippen LogP contribution in [0.15, 0.2) is 29.3 Å². The Kier molecular flexibility index (Phi) is 13.2. The molecule has 0 aliphatic rings. The lowest BCUT2D eigenvalue weighted by molar-refractivity contribution is -0.140. The number of unbranched alkanes of at least 4 members (excludes halogenated alkanes) is 2. The molecule has 5 nitrogen and oxygen atoms in total. The Bertz CT molecular complexity index is 512. The molecule has 0 radical (unpaired) electrons. The van der Waals surface area contributed by atoms with E-state index in [-0.39, 0.29) is 35.8 Å². The van der Waals surface area contributed by atoms with Crippen LogP contribution in [-0.4, -0.2) is 39.2 Å². The van der Waals surface area contributed by atoms with Gasteiger partial charge in [0.2, 0.25) is 0 Å². The molecule has 0 saturated carbocycles. The quantitative estimate of drug-likeness (QED) is 0.199. The minimum absolute atomic E-state index is 0. The minimum Gasteiger partial charge on any atom is -0.469 e. The Labute approximate surface area is 160 Å². The van der Waals surface area contributed by atoms with E-state index in [0.29, 0.717) is 13.0 Å². The molecule has 0 atom stereocenters. The summed E-state index contributed by atoms with van der Waals surface area (Å²) in [5, 5.41) is 6.42. The van der Waals surface area contributed by atoms with E-state index in [0.717, 1.165) is 43.8 Å². The summed E-state index contributed by atoms with van der Waals surface area (Å²) in [6.45, 7) is 1.48. The molecule has 0 aromatic heterocycles. The number of hydrogen-bond acceptors (Lipinski definition) is 3. The van der Waals surface area contributed by atoms with Crippen LogP contribution in [0.4, 0.5) is 4.39 Å². The summed E-state index contributed by atoms with van der Waals surface area (Å²) >= 11 is 0. The van der Waals surface area contributed by atoms with Crippen molar-refractivity contribution in [2.75, 3.05) is 27.2 Å². The van der Waals surface area contributed by atoms with E-state index in [2.05, 4.69) is 20.4 Å². The molecule has 1 aromatic rings. The Morgan fingerprint density at radius 1 is 1.21 bits per heavy atom. The van der Waals surface area contributed by atoms with E-state index >= 15 is 0 Å². The van der Waals surface area contributed by atoms with E-state index in [1.54, 1.807) is 19.2 Å². The Hall–Kier alpha value is -1.38. The van der Waals surface area contributed by atoms with Crippen LogP contribution in [0.3, 0.4) is 0 Å². The van der Waals surface area contributed by atoms with Crippen LogP contribution in [-0.2, 0) is 16.0 Å². The number of guanidine groups is 1. The third kappa shape index (κ3) is 10.4. The van der Waals surface area contributed by atoms with Crippen LogP contribution in [0.5, 0.6) is 0 Å². The zero-order valence-electron chi connectivity index (χ0n) is 14.3. The first-order chi connectivity index (χ1) is 11.2. The fraction of sp³-hybridized carbons (Fsp3) is 0.529. The molecule has 0 spiro atoms. The van der Waals surface area contributed by atoms with Crippen LogP contribution in [0.25, 0.3) is 0 Å². The second-order valence-electron chi connectivity index (χ2n) is 5.19. The van der Waals surface area contributed by atoms with Crippen molar-refractivity contribution in [3.05, 3.63) is 35.6 Å². The van der Waals surface area contributed by atoms with Crippen molar-refractivity contribution < 1.29 is 13.9 Å². The number of rotatable bonds is 9. The predicted molar refractivity (Wildman–Crippen MR) is 105 cm³/mol. The number of esters is 1. The van der Waals surface area contributed by atoms with E-state index < -0.39 is 0 Å².